The van der Waals surface area contributed by atoms with Crippen LogP contribution in [-0.4, -0.2) is 19.4 Å². The summed E-state index contributed by atoms with van der Waals surface area (Å²) in [5.74, 6) is 1.73. The first-order valence-corrected chi connectivity index (χ1v) is 6.66. The Morgan fingerprint density at radius 1 is 1.39 bits per heavy atom. The Morgan fingerprint density at radius 2 is 2.11 bits per heavy atom. The van der Waals surface area contributed by atoms with Crippen molar-refractivity contribution in [3.63, 3.8) is 0 Å². The van der Waals surface area contributed by atoms with Crippen LogP contribution in [0.5, 0.6) is 5.75 Å². The van der Waals surface area contributed by atoms with E-state index < -0.39 is 0 Å². The van der Waals surface area contributed by atoms with Gasteiger partial charge in [0.05, 0.1) is 17.8 Å². The highest BCUT2D eigenvalue weighted by Crippen LogP contribution is 2.28. The lowest BCUT2D eigenvalue weighted by Crippen LogP contribution is -2.21. The average molecular weight is 268 g/mol. The second kappa shape index (κ2) is 6.10. The van der Waals surface area contributed by atoms with E-state index in [1.165, 1.54) is 0 Å². The number of ketones is 1. The van der Waals surface area contributed by atoms with Gasteiger partial charge in [0.15, 0.2) is 0 Å². The molecule has 18 heavy (non-hydrogen) atoms. The normalized spacial score (nSPS) is 16.7. The van der Waals surface area contributed by atoms with Crippen LogP contribution in [0.25, 0.3) is 0 Å². The van der Waals surface area contributed by atoms with Crippen molar-refractivity contribution in [2.45, 2.75) is 25.7 Å². The summed E-state index contributed by atoms with van der Waals surface area (Å²) in [7, 11) is 1.62. The lowest BCUT2D eigenvalue weighted by Gasteiger charge is -2.22. The molecule has 0 atom stereocenters. The molecule has 0 saturated heterocycles. The summed E-state index contributed by atoms with van der Waals surface area (Å²) in [5, 5.41) is 4.02. The lowest BCUT2D eigenvalue weighted by molar-refractivity contribution is -0.120. The minimum atomic E-state index is 0.397. The number of nitrogens with one attached hydrogen (secondary N) is 1. The third-order valence-electron chi connectivity index (χ3n) is 3.42. The molecule has 0 radical (unpaired) electrons. The summed E-state index contributed by atoms with van der Waals surface area (Å²) >= 11 is 6.15. The van der Waals surface area contributed by atoms with E-state index in [-0.39, 0.29) is 0 Å². The highest BCUT2D eigenvalue weighted by molar-refractivity contribution is 6.33. The molecule has 0 unspecified atom stereocenters. The molecular weight excluding hydrogens is 250 g/mol. The maximum atomic E-state index is 11.2. The van der Waals surface area contributed by atoms with Gasteiger partial charge in [-0.25, -0.2) is 0 Å². The van der Waals surface area contributed by atoms with Crippen molar-refractivity contribution in [3.05, 3.63) is 23.2 Å². The van der Waals surface area contributed by atoms with E-state index in [0.29, 0.717) is 16.7 Å². The Bertz CT molecular complexity index is 424. The molecule has 0 aromatic heterocycles. The van der Waals surface area contributed by atoms with Gasteiger partial charge in [-0.1, -0.05) is 11.6 Å². The molecule has 98 valence electrons. The number of methoxy groups -OCH3 is 1. The molecule has 0 aliphatic heterocycles. The molecule has 1 saturated carbocycles. The Morgan fingerprint density at radius 3 is 2.72 bits per heavy atom. The second-order valence-electron chi connectivity index (χ2n) is 4.71. The number of benzene rings is 1. The number of halogens is 1. The van der Waals surface area contributed by atoms with Gasteiger partial charge < -0.3 is 10.1 Å². The van der Waals surface area contributed by atoms with Gasteiger partial charge in [-0.2, -0.15) is 0 Å². The number of hydrogen-bond acceptors (Lipinski definition) is 3. The first-order valence-electron chi connectivity index (χ1n) is 6.28. The number of hydrogen-bond donors (Lipinski definition) is 1. The summed E-state index contributed by atoms with van der Waals surface area (Å²) in [6.07, 6.45) is 3.42. The van der Waals surface area contributed by atoms with E-state index in [0.717, 1.165) is 43.7 Å². The number of Topliss-reactive ketones (excluding diaryl/α,β-unsaturated/α-hetero) is 1. The van der Waals surface area contributed by atoms with Gasteiger partial charge in [0.1, 0.15) is 11.5 Å². The fourth-order valence-corrected chi connectivity index (χ4v) is 2.46. The first kappa shape index (κ1) is 13.2. The third kappa shape index (κ3) is 3.39. The summed E-state index contributed by atoms with van der Waals surface area (Å²) < 4.78 is 5.11. The summed E-state index contributed by atoms with van der Waals surface area (Å²) in [6, 6.07) is 5.61. The van der Waals surface area contributed by atoms with Crippen LogP contribution in [0.4, 0.5) is 5.69 Å². The Balaban J connectivity index is 1.88. The van der Waals surface area contributed by atoms with E-state index in [1.54, 1.807) is 13.2 Å². The monoisotopic (exact) mass is 267 g/mol. The zero-order valence-electron chi connectivity index (χ0n) is 10.5. The van der Waals surface area contributed by atoms with Gasteiger partial charge >= 0.3 is 0 Å². The molecule has 1 aromatic carbocycles. The van der Waals surface area contributed by atoms with Gasteiger partial charge in [0.2, 0.25) is 0 Å². The van der Waals surface area contributed by atoms with Crippen LogP contribution in [0.1, 0.15) is 25.7 Å². The molecular formula is C14H18ClNO2. The highest BCUT2D eigenvalue weighted by atomic mass is 35.5. The Labute approximate surface area is 112 Å². The standard InChI is InChI=1S/C14H18ClNO2/c1-18-12-6-7-14(13(15)8-12)16-9-10-2-4-11(17)5-3-10/h6-8,10,16H,2-5,9H2,1H3. The molecule has 1 N–H and O–H groups in total. The zero-order chi connectivity index (χ0) is 13.0. The molecule has 1 fully saturated rings. The van der Waals surface area contributed by atoms with E-state index >= 15 is 0 Å². The molecule has 1 aliphatic rings. The minimum absolute atomic E-state index is 0.397. The van der Waals surface area contributed by atoms with Crippen molar-refractivity contribution in [1.82, 2.24) is 0 Å². The van der Waals surface area contributed by atoms with Crippen molar-refractivity contribution < 1.29 is 9.53 Å². The van der Waals surface area contributed by atoms with Crippen molar-refractivity contribution >= 4 is 23.1 Å². The molecule has 1 aliphatic carbocycles. The smallest absolute Gasteiger partial charge is 0.132 e. The van der Waals surface area contributed by atoms with Crippen LogP contribution in [0.3, 0.4) is 0 Å². The van der Waals surface area contributed by atoms with Crippen LogP contribution in [-0.2, 0) is 4.79 Å². The molecule has 0 amide bonds. The maximum absolute atomic E-state index is 11.2. The Kier molecular flexibility index (Phi) is 4.48. The van der Waals surface area contributed by atoms with Gasteiger partial charge in [0.25, 0.3) is 0 Å². The highest BCUT2D eigenvalue weighted by Gasteiger charge is 2.18. The maximum Gasteiger partial charge on any atom is 0.132 e. The molecule has 0 heterocycles. The van der Waals surface area contributed by atoms with Gasteiger partial charge in [-0.15, -0.1) is 0 Å². The molecule has 0 spiro atoms. The van der Waals surface area contributed by atoms with Gasteiger partial charge in [0, 0.05) is 25.5 Å². The van der Waals surface area contributed by atoms with Crippen LogP contribution >= 0.6 is 11.6 Å². The fourth-order valence-electron chi connectivity index (χ4n) is 2.22. The van der Waals surface area contributed by atoms with Gasteiger partial charge in [-0.05, 0) is 30.9 Å². The summed E-state index contributed by atoms with van der Waals surface area (Å²) in [6.45, 7) is 0.874. The molecule has 4 heteroatoms. The number of anilines is 1. The van der Waals surface area contributed by atoms with Crippen LogP contribution in [0.2, 0.25) is 5.02 Å². The average Bonchev–Trinajstić information content (AvgIpc) is 2.39. The lowest BCUT2D eigenvalue weighted by atomic mass is 9.88. The molecule has 1 aromatic rings. The third-order valence-corrected chi connectivity index (χ3v) is 3.73. The largest absolute Gasteiger partial charge is 0.497 e. The molecule has 0 bridgehead atoms. The van der Waals surface area contributed by atoms with Crippen molar-refractivity contribution in [3.8, 4) is 5.75 Å². The second-order valence-corrected chi connectivity index (χ2v) is 5.12. The quantitative estimate of drug-likeness (QED) is 0.907. The van der Waals surface area contributed by atoms with Gasteiger partial charge in [-0.3, -0.25) is 4.79 Å². The van der Waals surface area contributed by atoms with Crippen LogP contribution in [0, 0.1) is 5.92 Å². The number of carbonyl (C=O) groups excluding carboxylic acids is 1. The predicted molar refractivity (Wildman–Crippen MR) is 73.5 cm³/mol. The summed E-state index contributed by atoms with van der Waals surface area (Å²) in [5.41, 5.74) is 0.925. The molecule has 3 nitrogen and oxygen atoms in total. The number of carbonyl (C=O) groups is 1. The van der Waals surface area contributed by atoms with E-state index in [2.05, 4.69) is 5.32 Å². The van der Waals surface area contributed by atoms with Crippen molar-refractivity contribution in [2.75, 3.05) is 19.0 Å². The number of ether oxygens (including phenoxy) is 1. The Hall–Kier alpha value is -1.22. The minimum Gasteiger partial charge on any atom is -0.497 e. The van der Waals surface area contributed by atoms with E-state index in [4.69, 9.17) is 16.3 Å². The van der Waals surface area contributed by atoms with E-state index in [1.807, 2.05) is 12.1 Å². The van der Waals surface area contributed by atoms with Crippen molar-refractivity contribution in [2.24, 2.45) is 5.92 Å². The summed E-state index contributed by atoms with van der Waals surface area (Å²) in [4.78, 5) is 11.2. The zero-order valence-corrected chi connectivity index (χ0v) is 11.3. The number of rotatable bonds is 4. The topological polar surface area (TPSA) is 38.3 Å². The fraction of sp³-hybridized carbons (Fsp3) is 0.500. The predicted octanol–water partition coefficient (Wildman–Crippen LogP) is 3.52. The van der Waals surface area contributed by atoms with E-state index in [9.17, 15) is 4.79 Å². The molecule has 2 rings (SSSR count). The first-order chi connectivity index (χ1) is 8.69. The van der Waals surface area contributed by atoms with Crippen LogP contribution in [0.15, 0.2) is 18.2 Å². The van der Waals surface area contributed by atoms with Crippen LogP contribution < -0.4 is 10.1 Å². The SMILES string of the molecule is COc1ccc(NCC2CCC(=O)CC2)c(Cl)c1. The van der Waals surface area contributed by atoms with Crippen molar-refractivity contribution in [1.29, 1.82) is 0 Å².